The van der Waals surface area contributed by atoms with Crippen molar-refractivity contribution in [3.63, 3.8) is 0 Å². The van der Waals surface area contributed by atoms with E-state index in [-0.39, 0.29) is 24.3 Å². The highest BCUT2D eigenvalue weighted by Crippen LogP contribution is 2.14. The number of benzene rings is 1. The number of aliphatic hydroxyl groups excluding tert-OH is 1. The number of piperidine rings is 1. The fourth-order valence-corrected chi connectivity index (χ4v) is 3.81. The van der Waals surface area contributed by atoms with Crippen molar-refractivity contribution in [2.45, 2.75) is 38.5 Å². The highest BCUT2D eigenvalue weighted by atomic mass is 32.1. The van der Waals surface area contributed by atoms with E-state index in [0.717, 1.165) is 38.0 Å². The van der Waals surface area contributed by atoms with Gasteiger partial charge in [0.15, 0.2) is 0 Å². The largest absolute Gasteiger partial charge is 0.393 e. The first kappa shape index (κ1) is 20.5. The van der Waals surface area contributed by atoms with Crippen molar-refractivity contribution in [1.82, 2.24) is 15.5 Å². The van der Waals surface area contributed by atoms with Gasteiger partial charge < -0.3 is 15.7 Å². The van der Waals surface area contributed by atoms with Gasteiger partial charge in [-0.2, -0.15) is 0 Å². The molecule has 3 rings (SSSR count). The van der Waals surface area contributed by atoms with Gasteiger partial charge in [0.25, 0.3) is 5.91 Å². The third kappa shape index (κ3) is 6.44. The van der Waals surface area contributed by atoms with Gasteiger partial charge in [-0.15, -0.1) is 11.3 Å². The first-order valence-electron chi connectivity index (χ1n) is 9.67. The maximum absolute atomic E-state index is 12.0. The number of nitrogens with one attached hydrogen (secondary N) is 2. The van der Waals surface area contributed by atoms with Crippen molar-refractivity contribution in [3.8, 4) is 0 Å². The molecule has 150 valence electrons. The first-order chi connectivity index (χ1) is 13.6. The molecule has 0 radical (unpaired) electrons. The van der Waals surface area contributed by atoms with Crippen LogP contribution in [0.25, 0.3) is 0 Å². The van der Waals surface area contributed by atoms with Crippen molar-refractivity contribution in [2.24, 2.45) is 0 Å². The normalized spacial score (nSPS) is 15.3. The Morgan fingerprint density at radius 2 is 1.79 bits per heavy atom. The topological polar surface area (TPSA) is 81.7 Å². The van der Waals surface area contributed by atoms with Crippen LogP contribution in [0.1, 0.15) is 40.1 Å². The minimum absolute atomic E-state index is 0.0811. The minimum Gasteiger partial charge on any atom is -0.393 e. The molecule has 1 aromatic heterocycles. The standard InChI is InChI=1S/C21H27N3O3S/c25-18-8-11-24(12-9-18)15-17-5-3-16(4-6-17)14-23-20(26)7-10-22-21(27)19-2-1-13-28-19/h1-6,13,18,25H,7-12,14-15H2,(H,22,27)(H,23,26). The molecule has 6 nitrogen and oxygen atoms in total. The van der Waals surface area contributed by atoms with E-state index in [1.54, 1.807) is 6.07 Å². The lowest BCUT2D eigenvalue weighted by Crippen LogP contribution is -2.35. The Morgan fingerprint density at radius 3 is 2.46 bits per heavy atom. The Morgan fingerprint density at radius 1 is 1.07 bits per heavy atom. The van der Waals surface area contributed by atoms with Crippen LogP contribution in [-0.4, -0.2) is 47.6 Å². The lowest BCUT2D eigenvalue weighted by molar-refractivity contribution is -0.121. The number of carbonyl (C=O) groups is 2. The smallest absolute Gasteiger partial charge is 0.261 e. The molecule has 2 aromatic rings. The number of hydrogen-bond donors (Lipinski definition) is 3. The summed E-state index contributed by atoms with van der Waals surface area (Å²) in [4.78, 5) is 26.8. The Kier molecular flexibility index (Phi) is 7.59. The number of thiophene rings is 1. The molecule has 28 heavy (non-hydrogen) atoms. The van der Waals surface area contributed by atoms with Gasteiger partial charge in [-0.25, -0.2) is 0 Å². The zero-order valence-electron chi connectivity index (χ0n) is 15.9. The maximum Gasteiger partial charge on any atom is 0.261 e. The van der Waals surface area contributed by atoms with Crippen LogP contribution in [0, 0.1) is 0 Å². The highest BCUT2D eigenvalue weighted by molar-refractivity contribution is 7.12. The quantitative estimate of drug-likeness (QED) is 0.633. The first-order valence-corrected chi connectivity index (χ1v) is 10.5. The highest BCUT2D eigenvalue weighted by Gasteiger charge is 2.16. The second kappa shape index (κ2) is 10.4. The van der Waals surface area contributed by atoms with Crippen LogP contribution in [0.3, 0.4) is 0 Å². The molecule has 0 aliphatic carbocycles. The van der Waals surface area contributed by atoms with E-state index >= 15 is 0 Å². The van der Waals surface area contributed by atoms with E-state index in [2.05, 4.69) is 27.7 Å². The molecule has 0 saturated carbocycles. The monoisotopic (exact) mass is 401 g/mol. The number of aliphatic hydroxyl groups is 1. The van der Waals surface area contributed by atoms with E-state index in [0.29, 0.717) is 18.0 Å². The Bertz CT molecular complexity index is 754. The molecule has 0 atom stereocenters. The van der Waals surface area contributed by atoms with E-state index in [1.807, 2.05) is 23.6 Å². The van der Waals surface area contributed by atoms with Gasteiger partial charge in [0.2, 0.25) is 5.91 Å². The predicted molar refractivity (Wildman–Crippen MR) is 110 cm³/mol. The van der Waals surface area contributed by atoms with Crippen molar-refractivity contribution in [2.75, 3.05) is 19.6 Å². The molecular formula is C21H27N3O3S. The van der Waals surface area contributed by atoms with Crippen molar-refractivity contribution in [3.05, 3.63) is 57.8 Å². The predicted octanol–water partition coefficient (Wildman–Crippen LogP) is 2.14. The van der Waals surface area contributed by atoms with Crippen LogP contribution in [0.4, 0.5) is 0 Å². The van der Waals surface area contributed by atoms with Gasteiger partial charge in [-0.05, 0) is 35.4 Å². The lowest BCUT2D eigenvalue weighted by atomic mass is 10.1. The summed E-state index contributed by atoms with van der Waals surface area (Å²) in [5.41, 5.74) is 2.29. The number of likely N-dealkylation sites (tertiary alicyclic amines) is 1. The van der Waals surface area contributed by atoms with Crippen LogP contribution >= 0.6 is 11.3 Å². The fourth-order valence-electron chi connectivity index (χ4n) is 3.17. The average molecular weight is 402 g/mol. The molecule has 1 aliphatic heterocycles. The summed E-state index contributed by atoms with van der Waals surface area (Å²) in [7, 11) is 0. The third-order valence-corrected chi connectivity index (χ3v) is 5.73. The van der Waals surface area contributed by atoms with Crippen molar-refractivity contribution >= 4 is 23.2 Å². The molecule has 2 amide bonds. The van der Waals surface area contributed by atoms with Crippen LogP contribution in [0.15, 0.2) is 41.8 Å². The van der Waals surface area contributed by atoms with Crippen LogP contribution in [-0.2, 0) is 17.9 Å². The summed E-state index contributed by atoms with van der Waals surface area (Å²) in [6.45, 7) is 3.56. The number of carbonyl (C=O) groups excluding carboxylic acids is 2. The van der Waals surface area contributed by atoms with Gasteiger partial charge in [-0.1, -0.05) is 30.3 Å². The molecule has 1 fully saturated rings. The Labute approximate surface area is 169 Å². The van der Waals surface area contributed by atoms with E-state index in [4.69, 9.17) is 0 Å². The molecule has 1 aliphatic rings. The summed E-state index contributed by atoms with van der Waals surface area (Å²) in [6, 6.07) is 11.8. The van der Waals surface area contributed by atoms with E-state index < -0.39 is 0 Å². The number of nitrogens with zero attached hydrogens (tertiary/aromatic N) is 1. The molecule has 0 spiro atoms. The van der Waals surface area contributed by atoms with Gasteiger partial charge in [0.1, 0.15) is 0 Å². The van der Waals surface area contributed by atoms with Crippen LogP contribution in [0.2, 0.25) is 0 Å². The fraction of sp³-hybridized carbons (Fsp3) is 0.429. The maximum atomic E-state index is 12.0. The van der Waals surface area contributed by atoms with Gasteiger partial charge >= 0.3 is 0 Å². The molecule has 0 bridgehead atoms. The van der Waals surface area contributed by atoms with Crippen LogP contribution in [0.5, 0.6) is 0 Å². The average Bonchev–Trinajstić information content (AvgIpc) is 3.24. The van der Waals surface area contributed by atoms with E-state index in [1.165, 1.54) is 16.9 Å². The molecule has 1 aromatic carbocycles. The van der Waals surface area contributed by atoms with E-state index in [9.17, 15) is 14.7 Å². The van der Waals surface area contributed by atoms with Crippen molar-refractivity contribution < 1.29 is 14.7 Å². The molecule has 7 heteroatoms. The zero-order chi connectivity index (χ0) is 19.8. The molecule has 0 unspecified atom stereocenters. The summed E-state index contributed by atoms with van der Waals surface area (Å²) in [6.07, 6.45) is 1.80. The van der Waals surface area contributed by atoms with Crippen molar-refractivity contribution in [1.29, 1.82) is 0 Å². The molecule has 1 saturated heterocycles. The summed E-state index contributed by atoms with van der Waals surface area (Å²) >= 11 is 1.38. The Balaban J connectivity index is 1.34. The molecular weight excluding hydrogens is 374 g/mol. The summed E-state index contributed by atoms with van der Waals surface area (Å²) in [5, 5.41) is 17.1. The second-order valence-electron chi connectivity index (χ2n) is 7.08. The van der Waals surface area contributed by atoms with Crippen LogP contribution < -0.4 is 10.6 Å². The second-order valence-corrected chi connectivity index (χ2v) is 8.03. The lowest BCUT2D eigenvalue weighted by Gasteiger charge is -2.29. The SMILES string of the molecule is O=C(CCNC(=O)c1cccs1)NCc1ccc(CN2CCC(O)CC2)cc1. The number of amides is 2. The van der Waals surface area contributed by atoms with Gasteiger partial charge in [0, 0.05) is 39.1 Å². The summed E-state index contributed by atoms with van der Waals surface area (Å²) < 4.78 is 0. The summed E-state index contributed by atoms with van der Waals surface area (Å²) in [5.74, 6) is -0.218. The minimum atomic E-state index is -0.147. The van der Waals surface area contributed by atoms with Gasteiger partial charge in [-0.3, -0.25) is 14.5 Å². The van der Waals surface area contributed by atoms with Gasteiger partial charge in [0.05, 0.1) is 11.0 Å². The molecule has 2 heterocycles. The third-order valence-electron chi connectivity index (χ3n) is 4.86. The Hall–Kier alpha value is -2.22. The number of rotatable bonds is 8. The zero-order valence-corrected chi connectivity index (χ0v) is 16.7. The number of hydrogen-bond acceptors (Lipinski definition) is 5. The molecule has 3 N–H and O–H groups in total.